The average Bonchev–Trinajstić information content (AvgIpc) is 3.17. The molecule has 1 fully saturated rings. The van der Waals surface area contributed by atoms with Gasteiger partial charge in [-0.05, 0) is 60.6 Å². The molecule has 0 spiro atoms. The minimum Gasteiger partial charge on any atom is -0.496 e. The van der Waals surface area contributed by atoms with E-state index in [9.17, 15) is 18.8 Å². The first-order chi connectivity index (χ1) is 17.6. The van der Waals surface area contributed by atoms with Gasteiger partial charge in [0.15, 0.2) is 11.5 Å². The van der Waals surface area contributed by atoms with Crippen LogP contribution in [-0.2, 0) is 5.92 Å². The fourth-order valence-corrected chi connectivity index (χ4v) is 5.61. The van der Waals surface area contributed by atoms with E-state index >= 15 is 0 Å². The number of amides is 1. The summed E-state index contributed by atoms with van der Waals surface area (Å²) in [4.78, 5) is 17.6. The maximum absolute atomic E-state index is 14.1. The van der Waals surface area contributed by atoms with E-state index in [4.69, 9.17) is 4.74 Å². The Balaban J connectivity index is 1.67. The predicted octanol–water partition coefficient (Wildman–Crippen LogP) is 7.40. The zero-order valence-electron chi connectivity index (χ0n) is 22.0. The largest absolute Gasteiger partial charge is 0.496 e. The number of carbonyl (C=O) groups excluding carboxylic acids is 1. The summed E-state index contributed by atoms with van der Waals surface area (Å²) in [6, 6.07) is 11.3. The molecule has 1 heterocycles. The van der Waals surface area contributed by atoms with Crippen LogP contribution in [0.25, 0.3) is 11.4 Å². The lowest BCUT2D eigenvalue weighted by Crippen LogP contribution is -2.23. The van der Waals surface area contributed by atoms with Crippen molar-refractivity contribution in [2.24, 2.45) is 11.8 Å². The average molecular weight is 512 g/mol. The highest BCUT2D eigenvalue weighted by molar-refractivity contribution is 6.04. The number of aryl methyl sites for hydroxylation is 1. The molecule has 3 aromatic rings. The molecule has 0 saturated heterocycles. The molecule has 1 saturated carbocycles. The summed E-state index contributed by atoms with van der Waals surface area (Å²) in [5.74, 6) is -1.33. The molecule has 1 amide bonds. The zero-order chi connectivity index (χ0) is 26.9. The first-order valence-electron chi connectivity index (χ1n) is 12.8. The zero-order valence-corrected chi connectivity index (χ0v) is 22.0. The SMILES string of the molecule is CCC(F)(F)c1cccc(NC(=O)c2c(C)nc(-c3ccc(OC)c(C4C(C)CCCC4C)c3)n2O)c1. The fraction of sp³-hybridized carbons (Fsp3) is 0.448. The third kappa shape index (κ3) is 5.20. The van der Waals surface area contributed by atoms with Crippen LogP contribution in [0.4, 0.5) is 14.5 Å². The number of rotatable bonds is 7. The highest BCUT2D eigenvalue weighted by atomic mass is 19.3. The number of carbonyl (C=O) groups is 1. The lowest BCUT2D eigenvalue weighted by Gasteiger charge is -2.35. The van der Waals surface area contributed by atoms with Crippen LogP contribution in [0.1, 0.15) is 79.7 Å². The van der Waals surface area contributed by atoms with E-state index < -0.39 is 11.8 Å². The molecule has 0 radical (unpaired) electrons. The van der Waals surface area contributed by atoms with Crippen LogP contribution in [0.5, 0.6) is 5.75 Å². The van der Waals surface area contributed by atoms with Gasteiger partial charge in [0.25, 0.3) is 11.8 Å². The van der Waals surface area contributed by atoms with Crippen molar-refractivity contribution < 1.29 is 23.5 Å². The molecule has 1 aliphatic rings. The van der Waals surface area contributed by atoms with Crippen LogP contribution in [-0.4, -0.2) is 27.9 Å². The lowest BCUT2D eigenvalue weighted by molar-refractivity contribution is -0.00824. The van der Waals surface area contributed by atoms with Crippen molar-refractivity contribution in [3.05, 3.63) is 65.0 Å². The quantitative estimate of drug-likeness (QED) is 0.324. The van der Waals surface area contributed by atoms with E-state index in [1.54, 1.807) is 14.0 Å². The van der Waals surface area contributed by atoms with E-state index in [0.29, 0.717) is 29.0 Å². The molecule has 2 unspecified atom stereocenters. The molecule has 198 valence electrons. The van der Waals surface area contributed by atoms with Gasteiger partial charge in [0, 0.05) is 23.2 Å². The van der Waals surface area contributed by atoms with Crippen LogP contribution in [0.3, 0.4) is 0 Å². The Morgan fingerprint density at radius 1 is 1.19 bits per heavy atom. The summed E-state index contributed by atoms with van der Waals surface area (Å²) in [7, 11) is 1.65. The molecular weight excluding hydrogens is 476 g/mol. The number of imidazole rings is 1. The number of alkyl halides is 2. The van der Waals surface area contributed by atoms with Crippen molar-refractivity contribution in [2.75, 3.05) is 12.4 Å². The lowest BCUT2D eigenvalue weighted by atomic mass is 9.70. The molecule has 0 aliphatic heterocycles. The molecule has 37 heavy (non-hydrogen) atoms. The maximum Gasteiger partial charge on any atom is 0.277 e. The molecular formula is C29H35F2N3O3. The third-order valence-corrected chi connectivity index (χ3v) is 7.62. The van der Waals surface area contributed by atoms with Crippen molar-refractivity contribution >= 4 is 11.6 Å². The number of methoxy groups -OCH3 is 1. The van der Waals surface area contributed by atoms with Gasteiger partial charge >= 0.3 is 0 Å². The van der Waals surface area contributed by atoms with E-state index in [0.717, 1.165) is 28.9 Å². The topological polar surface area (TPSA) is 76.4 Å². The van der Waals surface area contributed by atoms with Crippen LogP contribution < -0.4 is 10.1 Å². The molecule has 0 bridgehead atoms. The predicted molar refractivity (Wildman–Crippen MR) is 140 cm³/mol. The van der Waals surface area contributed by atoms with Gasteiger partial charge in [0.1, 0.15) is 5.75 Å². The van der Waals surface area contributed by atoms with Crippen molar-refractivity contribution in [3.63, 3.8) is 0 Å². The van der Waals surface area contributed by atoms with Gasteiger partial charge in [-0.25, -0.2) is 13.8 Å². The summed E-state index contributed by atoms with van der Waals surface area (Å²) < 4.78 is 34.7. The summed E-state index contributed by atoms with van der Waals surface area (Å²) >= 11 is 0. The van der Waals surface area contributed by atoms with Crippen molar-refractivity contribution in [2.45, 2.75) is 65.2 Å². The number of hydrogen-bond acceptors (Lipinski definition) is 4. The standard InChI is InChI=1S/C29H35F2N3O3/c1-6-29(30,31)21-11-8-12-22(16-21)33-28(35)26-19(4)32-27(34(26)36)20-13-14-24(37-5)23(15-20)25-17(2)9-7-10-18(25)3/h8,11-18,25,36H,6-7,9-10H2,1-5H3,(H,33,35). The number of nitrogens with one attached hydrogen (secondary N) is 1. The van der Waals surface area contributed by atoms with Gasteiger partial charge in [-0.1, -0.05) is 52.2 Å². The Morgan fingerprint density at radius 2 is 1.89 bits per heavy atom. The Hall–Kier alpha value is -3.42. The third-order valence-electron chi connectivity index (χ3n) is 7.62. The second-order valence-corrected chi connectivity index (χ2v) is 10.1. The maximum atomic E-state index is 14.1. The second-order valence-electron chi connectivity index (χ2n) is 10.1. The molecule has 6 nitrogen and oxygen atoms in total. The number of benzene rings is 2. The van der Waals surface area contributed by atoms with E-state index in [1.165, 1.54) is 37.6 Å². The molecule has 8 heteroatoms. The van der Waals surface area contributed by atoms with E-state index in [-0.39, 0.29) is 29.2 Å². The monoisotopic (exact) mass is 511 g/mol. The van der Waals surface area contributed by atoms with E-state index in [2.05, 4.69) is 24.1 Å². The Morgan fingerprint density at radius 3 is 2.54 bits per heavy atom. The van der Waals surface area contributed by atoms with E-state index in [1.807, 2.05) is 18.2 Å². The summed E-state index contributed by atoms with van der Waals surface area (Å²) in [5.41, 5.74) is 2.03. The molecule has 2 atom stereocenters. The summed E-state index contributed by atoms with van der Waals surface area (Å²) in [6.07, 6.45) is 3.15. The Labute approximate surface area is 216 Å². The number of halogens is 2. The van der Waals surface area contributed by atoms with Crippen molar-refractivity contribution in [3.8, 4) is 17.1 Å². The second kappa shape index (κ2) is 10.5. The highest BCUT2D eigenvalue weighted by Gasteiger charge is 2.32. The minimum absolute atomic E-state index is 0.0561. The first kappa shape index (κ1) is 26.6. The van der Waals surface area contributed by atoms with Crippen molar-refractivity contribution in [1.29, 1.82) is 0 Å². The Kier molecular flexibility index (Phi) is 7.57. The number of anilines is 1. The number of nitrogens with zero attached hydrogens (tertiary/aromatic N) is 2. The fourth-order valence-electron chi connectivity index (χ4n) is 5.61. The summed E-state index contributed by atoms with van der Waals surface area (Å²) in [5, 5.41) is 13.6. The Bertz CT molecular complexity index is 1280. The van der Waals surface area contributed by atoms with Gasteiger partial charge in [0.2, 0.25) is 0 Å². The number of aromatic nitrogens is 2. The number of hydrogen-bond donors (Lipinski definition) is 2. The minimum atomic E-state index is -3.00. The van der Waals surface area contributed by atoms with Gasteiger partial charge < -0.3 is 15.3 Å². The van der Waals surface area contributed by atoms with Gasteiger partial charge in [-0.15, -0.1) is 0 Å². The van der Waals surface area contributed by atoms with Gasteiger partial charge in [-0.2, -0.15) is 4.73 Å². The highest BCUT2D eigenvalue weighted by Crippen LogP contribution is 2.45. The molecule has 2 N–H and O–H groups in total. The summed E-state index contributed by atoms with van der Waals surface area (Å²) in [6.45, 7) is 7.55. The molecule has 1 aliphatic carbocycles. The first-order valence-corrected chi connectivity index (χ1v) is 12.8. The number of ether oxygens (including phenoxy) is 1. The van der Waals surface area contributed by atoms with Crippen LogP contribution >= 0.6 is 0 Å². The smallest absolute Gasteiger partial charge is 0.277 e. The van der Waals surface area contributed by atoms with Crippen LogP contribution in [0.2, 0.25) is 0 Å². The van der Waals surface area contributed by atoms with Gasteiger partial charge in [0.05, 0.1) is 12.8 Å². The molecule has 2 aromatic carbocycles. The normalized spacial score (nSPS) is 20.0. The molecule has 4 rings (SSSR count). The van der Waals surface area contributed by atoms with Crippen molar-refractivity contribution in [1.82, 2.24) is 9.71 Å². The van der Waals surface area contributed by atoms with Crippen LogP contribution in [0, 0.1) is 18.8 Å². The van der Waals surface area contributed by atoms with Gasteiger partial charge in [-0.3, -0.25) is 4.79 Å². The molecule has 1 aromatic heterocycles. The van der Waals surface area contributed by atoms with Crippen LogP contribution in [0.15, 0.2) is 42.5 Å².